The van der Waals surface area contributed by atoms with E-state index >= 15 is 0 Å². The molecule has 0 aromatic heterocycles. The summed E-state index contributed by atoms with van der Waals surface area (Å²) >= 11 is 0. The van der Waals surface area contributed by atoms with Crippen molar-refractivity contribution in [1.82, 2.24) is 20.0 Å². The van der Waals surface area contributed by atoms with Crippen molar-refractivity contribution in [2.45, 2.75) is 12.8 Å². The molecule has 0 radical (unpaired) electrons. The van der Waals surface area contributed by atoms with Crippen molar-refractivity contribution in [3.63, 3.8) is 0 Å². The number of nitrogens with zero attached hydrogens (tertiary/aromatic N) is 3. The molecule has 2 rings (SSSR count). The zero-order valence-corrected chi connectivity index (χ0v) is 11.9. The molecule has 0 aromatic carbocycles. The first kappa shape index (κ1) is 14.1. The van der Waals surface area contributed by atoms with Crippen molar-refractivity contribution in [2.75, 3.05) is 53.4 Å². The van der Waals surface area contributed by atoms with E-state index in [0.29, 0.717) is 26.2 Å². The minimum atomic E-state index is 0.0337. The van der Waals surface area contributed by atoms with Gasteiger partial charge in [0.2, 0.25) is 5.91 Å². The van der Waals surface area contributed by atoms with Crippen molar-refractivity contribution in [1.29, 1.82) is 0 Å². The molecule has 1 atom stereocenters. The maximum Gasteiger partial charge on any atom is 0.319 e. The summed E-state index contributed by atoms with van der Waals surface area (Å²) in [7, 11) is 3.51. The molecule has 2 saturated heterocycles. The summed E-state index contributed by atoms with van der Waals surface area (Å²) < 4.78 is 0. The minimum Gasteiger partial charge on any atom is -0.339 e. The fraction of sp³-hybridized carbons (Fsp3) is 0.846. The molecule has 0 aromatic rings. The average molecular weight is 268 g/mol. The third-order valence-electron chi connectivity index (χ3n) is 3.89. The van der Waals surface area contributed by atoms with Crippen molar-refractivity contribution >= 4 is 11.9 Å². The molecule has 0 aliphatic carbocycles. The van der Waals surface area contributed by atoms with E-state index < -0.39 is 0 Å². The van der Waals surface area contributed by atoms with Crippen LogP contribution in [0.15, 0.2) is 0 Å². The summed E-state index contributed by atoms with van der Waals surface area (Å²) in [6, 6.07) is 0.0337. The van der Waals surface area contributed by atoms with E-state index in [1.165, 1.54) is 0 Å². The van der Waals surface area contributed by atoms with E-state index in [0.717, 1.165) is 25.9 Å². The number of rotatable bonds is 1. The van der Waals surface area contributed by atoms with Crippen molar-refractivity contribution in [2.24, 2.45) is 5.92 Å². The van der Waals surface area contributed by atoms with Gasteiger partial charge in [0.05, 0.1) is 5.92 Å². The van der Waals surface area contributed by atoms with E-state index in [2.05, 4.69) is 5.32 Å². The van der Waals surface area contributed by atoms with Gasteiger partial charge in [0.15, 0.2) is 0 Å². The molecule has 2 aliphatic heterocycles. The first-order valence-electron chi connectivity index (χ1n) is 7.05. The van der Waals surface area contributed by atoms with Crippen LogP contribution >= 0.6 is 0 Å². The van der Waals surface area contributed by atoms with Crippen molar-refractivity contribution in [3.8, 4) is 0 Å². The molecule has 0 bridgehead atoms. The Morgan fingerprint density at radius 1 is 1.11 bits per heavy atom. The Kier molecular flexibility index (Phi) is 4.63. The molecule has 108 valence electrons. The SMILES string of the molecule is CN(C)C(=O)N1CCN(C(=O)C2CCCNC2)CC1. The highest BCUT2D eigenvalue weighted by Crippen LogP contribution is 2.15. The normalized spacial score (nSPS) is 24.2. The summed E-state index contributed by atoms with van der Waals surface area (Å²) in [5.74, 6) is 0.383. The molecule has 6 heteroatoms. The number of piperazine rings is 1. The summed E-state index contributed by atoms with van der Waals surface area (Å²) in [6.45, 7) is 4.43. The molecule has 0 spiro atoms. The lowest BCUT2D eigenvalue weighted by Crippen LogP contribution is -2.55. The highest BCUT2D eigenvalue weighted by atomic mass is 16.2. The fourth-order valence-electron chi connectivity index (χ4n) is 2.72. The molecule has 6 nitrogen and oxygen atoms in total. The highest BCUT2D eigenvalue weighted by Gasteiger charge is 2.29. The van der Waals surface area contributed by atoms with Gasteiger partial charge in [-0.25, -0.2) is 4.79 Å². The second-order valence-electron chi connectivity index (χ2n) is 5.53. The van der Waals surface area contributed by atoms with Crippen LogP contribution in [0.2, 0.25) is 0 Å². The second-order valence-corrected chi connectivity index (χ2v) is 5.53. The van der Waals surface area contributed by atoms with Crippen LogP contribution in [0.4, 0.5) is 4.79 Å². The van der Waals surface area contributed by atoms with Gasteiger partial charge in [0.25, 0.3) is 0 Å². The minimum absolute atomic E-state index is 0.0337. The zero-order valence-electron chi connectivity index (χ0n) is 11.9. The summed E-state index contributed by atoms with van der Waals surface area (Å²) in [4.78, 5) is 29.5. The molecule has 3 amide bonds. The number of piperidine rings is 1. The average Bonchev–Trinajstić information content (AvgIpc) is 2.46. The number of carbonyl (C=O) groups is 2. The standard InChI is InChI=1S/C13H24N4O2/c1-15(2)13(19)17-8-6-16(7-9-17)12(18)11-4-3-5-14-10-11/h11,14H,3-10H2,1-2H3. The Balaban J connectivity index is 1.82. The van der Waals surface area contributed by atoms with Crippen molar-refractivity contribution < 1.29 is 9.59 Å². The third-order valence-corrected chi connectivity index (χ3v) is 3.89. The fourth-order valence-corrected chi connectivity index (χ4v) is 2.72. The van der Waals surface area contributed by atoms with E-state index in [1.807, 2.05) is 9.80 Å². The van der Waals surface area contributed by atoms with Crippen LogP contribution in [0.3, 0.4) is 0 Å². The molecular formula is C13H24N4O2. The molecule has 2 fully saturated rings. The smallest absolute Gasteiger partial charge is 0.319 e. The number of hydrogen-bond acceptors (Lipinski definition) is 3. The van der Waals surface area contributed by atoms with Crippen LogP contribution in [0.25, 0.3) is 0 Å². The van der Waals surface area contributed by atoms with E-state index in [9.17, 15) is 9.59 Å². The quantitative estimate of drug-likeness (QED) is 0.717. The molecule has 0 saturated carbocycles. The molecule has 2 heterocycles. The van der Waals surface area contributed by atoms with Crippen LogP contribution in [0, 0.1) is 5.92 Å². The van der Waals surface area contributed by atoms with Gasteiger partial charge in [-0.05, 0) is 19.4 Å². The summed E-state index contributed by atoms with van der Waals surface area (Å²) in [5, 5.41) is 3.28. The maximum atomic E-state index is 12.3. The first-order chi connectivity index (χ1) is 9.09. The number of amides is 3. The van der Waals surface area contributed by atoms with Gasteiger partial charge >= 0.3 is 6.03 Å². The third kappa shape index (κ3) is 3.37. The predicted molar refractivity (Wildman–Crippen MR) is 72.8 cm³/mol. The maximum absolute atomic E-state index is 12.3. The van der Waals surface area contributed by atoms with Gasteiger partial charge in [-0.2, -0.15) is 0 Å². The topological polar surface area (TPSA) is 55.9 Å². The highest BCUT2D eigenvalue weighted by molar-refractivity contribution is 5.80. The van der Waals surface area contributed by atoms with Gasteiger partial charge in [-0.15, -0.1) is 0 Å². The Labute approximate surface area is 114 Å². The van der Waals surface area contributed by atoms with Crippen molar-refractivity contribution in [3.05, 3.63) is 0 Å². The monoisotopic (exact) mass is 268 g/mol. The number of hydrogen-bond donors (Lipinski definition) is 1. The number of carbonyl (C=O) groups excluding carboxylic acids is 2. The lowest BCUT2D eigenvalue weighted by Gasteiger charge is -2.38. The van der Waals surface area contributed by atoms with Crippen LogP contribution in [-0.4, -0.2) is 80.0 Å². The Hall–Kier alpha value is -1.30. The van der Waals surface area contributed by atoms with Gasteiger partial charge < -0.3 is 20.0 Å². The lowest BCUT2D eigenvalue weighted by molar-refractivity contribution is -0.137. The number of nitrogens with one attached hydrogen (secondary N) is 1. The Morgan fingerprint density at radius 3 is 2.26 bits per heavy atom. The summed E-state index contributed by atoms with van der Waals surface area (Å²) in [5.41, 5.74) is 0. The predicted octanol–water partition coefficient (Wildman–Crippen LogP) is -0.188. The van der Waals surface area contributed by atoms with E-state index in [1.54, 1.807) is 19.0 Å². The zero-order chi connectivity index (χ0) is 13.8. The number of urea groups is 1. The van der Waals surface area contributed by atoms with Crippen LogP contribution in [-0.2, 0) is 4.79 Å². The van der Waals surface area contributed by atoms with Crippen LogP contribution in [0.1, 0.15) is 12.8 Å². The van der Waals surface area contributed by atoms with E-state index in [4.69, 9.17) is 0 Å². The molecule has 1 unspecified atom stereocenters. The largest absolute Gasteiger partial charge is 0.339 e. The second kappa shape index (κ2) is 6.23. The van der Waals surface area contributed by atoms with Gasteiger partial charge in [0, 0.05) is 46.8 Å². The Bertz CT molecular complexity index is 332. The van der Waals surface area contributed by atoms with Crippen LogP contribution in [0.5, 0.6) is 0 Å². The lowest BCUT2D eigenvalue weighted by atomic mass is 9.98. The summed E-state index contributed by atoms with van der Waals surface area (Å²) in [6.07, 6.45) is 2.07. The van der Waals surface area contributed by atoms with Gasteiger partial charge in [-0.1, -0.05) is 0 Å². The van der Waals surface area contributed by atoms with E-state index in [-0.39, 0.29) is 17.9 Å². The van der Waals surface area contributed by atoms with Crippen LogP contribution < -0.4 is 5.32 Å². The molecule has 19 heavy (non-hydrogen) atoms. The molecular weight excluding hydrogens is 244 g/mol. The Morgan fingerprint density at radius 2 is 1.74 bits per heavy atom. The molecule has 1 N–H and O–H groups in total. The van der Waals surface area contributed by atoms with Gasteiger partial charge in [0.1, 0.15) is 0 Å². The molecule has 2 aliphatic rings. The van der Waals surface area contributed by atoms with Gasteiger partial charge in [-0.3, -0.25) is 4.79 Å². The first-order valence-corrected chi connectivity index (χ1v) is 7.05.